The van der Waals surface area contributed by atoms with E-state index in [0.29, 0.717) is 12.1 Å². The Morgan fingerprint density at radius 2 is 1.17 bits per heavy atom. The van der Waals surface area contributed by atoms with Gasteiger partial charge in [0.15, 0.2) is 0 Å². The van der Waals surface area contributed by atoms with Crippen LogP contribution in [0.2, 0.25) is 0 Å². The minimum absolute atomic E-state index is 0.0631. The van der Waals surface area contributed by atoms with Crippen molar-refractivity contribution >= 4 is 11.4 Å². The highest BCUT2D eigenvalue weighted by Gasteiger charge is 2.35. The van der Waals surface area contributed by atoms with Crippen molar-refractivity contribution in [2.75, 3.05) is 0 Å². The van der Waals surface area contributed by atoms with Gasteiger partial charge < -0.3 is 5.11 Å². The van der Waals surface area contributed by atoms with Gasteiger partial charge in [0.1, 0.15) is 0 Å². The predicted octanol–water partition coefficient (Wildman–Crippen LogP) is 5.28. The Kier molecular flexibility index (Phi) is 7.87. The monoisotopic (exact) mass is 440 g/mol. The Bertz CT molecular complexity index is 852. The number of nitrogens with zero attached hydrogens (tertiary/aromatic N) is 2. The van der Waals surface area contributed by atoms with Crippen LogP contribution in [0.25, 0.3) is 0 Å². The van der Waals surface area contributed by atoms with E-state index in [9.17, 15) is 46.6 Å². The van der Waals surface area contributed by atoms with Gasteiger partial charge in [-0.25, -0.2) is 0 Å². The van der Waals surface area contributed by atoms with Crippen molar-refractivity contribution in [2.45, 2.75) is 32.3 Å². The number of rotatable bonds is 4. The number of aliphatic hydroxyl groups excluding tert-OH is 1. The number of non-ortho nitro benzene ring substituents is 2. The Morgan fingerprint density at radius 3 is 1.47 bits per heavy atom. The summed E-state index contributed by atoms with van der Waals surface area (Å²) in [7, 11) is 0. The summed E-state index contributed by atoms with van der Waals surface area (Å²) in [5.74, 6) is 0. The molecule has 2 rings (SSSR count). The average molecular weight is 440 g/mol. The highest BCUT2D eigenvalue weighted by atomic mass is 19.4. The van der Waals surface area contributed by atoms with E-state index in [-0.39, 0.29) is 17.5 Å². The van der Waals surface area contributed by atoms with Gasteiger partial charge in [0.05, 0.1) is 27.6 Å². The minimum Gasteiger partial charge on any atom is -0.392 e. The van der Waals surface area contributed by atoms with E-state index in [4.69, 9.17) is 5.11 Å². The molecule has 0 atom stereocenters. The molecule has 0 radical (unpaired) electrons. The first-order valence-electron chi connectivity index (χ1n) is 8.02. The maximum Gasteiger partial charge on any atom is 0.417 e. The van der Waals surface area contributed by atoms with Gasteiger partial charge in [-0.05, 0) is 23.6 Å². The van der Waals surface area contributed by atoms with Crippen LogP contribution in [0.15, 0.2) is 36.4 Å². The molecule has 0 heterocycles. The summed E-state index contributed by atoms with van der Waals surface area (Å²) in [5.41, 5.74) is -3.63. The molecule has 13 heteroatoms. The van der Waals surface area contributed by atoms with Crippen molar-refractivity contribution in [3.8, 4) is 0 Å². The number of aryl methyl sites for hydroxylation is 1. The second-order valence-electron chi connectivity index (χ2n) is 5.70. The molecule has 0 unspecified atom stereocenters. The van der Waals surface area contributed by atoms with Gasteiger partial charge in [-0.3, -0.25) is 20.2 Å². The number of nitro groups is 2. The molecule has 164 valence electrons. The van der Waals surface area contributed by atoms with Gasteiger partial charge >= 0.3 is 12.4 Å². The molecule has 2 aromatic rings. The molecule has 0 spiro atoms. The van der Waals surface area contributed by atoms with Crippen LogP contribution in [-0.2, 0) is 25.4 Å². The molecule has 0 fully saturated rings. The van der Waals surface area contributed by atoms with Gasteiger partial charge in [0, 0.05) is 24.3 Å². The fourth-order valence-corrected chi connectivity index (χ4v) is 2.33. The molecule has 0 bridgehead atoms. The maximum absolute atomic E-state index is 12.5. The normalized spacial score (nSPS) is 11.5. The summed E-state index contributed by atoms with van der Waals surface area (Å²) >= 11 is 0. The Hall–Kier alpha value is -3.22. The van der Waals surface area contributed by atoms with Gasteiger partial charge in [-0.1, -0.05) is 13.0 Å². The molecule has 0 amide bonds. The maximum atomic E-state index is 12.5. The lowest BCUT2D eigenvalue weighted by atomic mass is 10.0. The van der Waals surface area contributed by atoms with Gasteiger partial charge in [0.2, 0.25) is 0 Å². The third-order valence-electron chi connectivity index (χ3n) is 3.77. The van der Waals surface area contributed by atoms with E-state index in [1.54, 1.807) is 6.92 Å². The number of halogens is 6. The second-order valence-corrected chi connectivity index (χ2v) is 5.70. The van der Waals surface area contributed by atoms with Crippen LogP contribution in [0, 0.1) is 20.2 Å². The zero-order valence-electron chi connectivity index (χ0n) is 15.1. The minimum atomic E-state index is -4.70. The summed E-state index contributed by atoms with van der Waals surface area (Å²) in [6, 6.07) is 5.00. The zero-order chi connectivity index (χ0) is 23.3. The lowest BCUT2D eigenvalue weighted by Gasteiger charge is -2.10. The van der Waals surface area contributed by atoms with Gasteiger partial charge in [0.25, 0.3) is 11.4 Å². The van der Waals surface area contributed by atoms with Crippen molar-refractivity contribution in [3.05, 3.63) is 78.9 Å². The first kappa shape index (κ1) is 24.8. The lowest BCUT2D eigenvalue weighted by Crippen LogP contribution is -2.09. The van der Waals surface area contributed by atoms with Crippen LogP contribution in [0.3, 0.4) is 0 Å². The first-order valence-corrected chi connectivity index (χ1v) is 8.02. The SMILES string of the molecule is CCc1ccc([N+](=O)[O-])cc1C(F)(F)F.O=[N+]([O-])c1ccc(CO)c(C(F)(F)F)c1. The van der Waals surface area contributed by atoms with Crippen molar-refractivity contribution in [1.29, 1.82) is 0 Å². The van der Waals surface area contributed by atoms with Crippen LogP contribution in [0.5, 0.6) is 0 Å². The van der Waals surface area contributed by atoms with Crippen molar-refractivity contribution in [2.24, 2.45) is 0 Å². The van der Waals surface area contributed by atoms with E-state index < -0.39 is 51.3 Å². The average Bonchev–Trinajstić information content (AvgIpc) is 2.65. The Labute approximate surface area is 164 Å². The summed E-state index contributed by atoms with van der Waals surface area (Å²) in [6.07, 6.45) is -9.06. The fraction of sp³-hybridized carbons (Fsp3) is 0.294. The number of benzene rings is 2. The number of hydrogen-bond acceptors (Lipinski definition) is 5. The summed E-state index contributed by atoms with van der Waals surface area (Å²) < 4.78 is 74.4. The lowest BCUT2D eigenvalue weighted by molar-refractivity contribution is -0.385. The summed E-state index contributed by atoms with van der Waals surface area (Å²) in [5, 5.41) is 29.2. The Balaban J connectivity index is 0.000000300. The fourth-order valence-electron chi connectivity index (χ4n) is 2.33. The van der Waals surface area contributed by atoms with Crippen LogP contribution >= 0.6 is 0 Å². The molecular formula is C17H14F6N2O5. The molecule has 1 N–H and O–H groups in total. The molecule has 0 saturated carbocycles. The van der Waals surface area contributed by atoms with E-state index in [0.717, 1.165) is 24.3 Å². The van der Waals surface area contributed by atoms with Crippen LogP contribution in [0.1, 0.15) is 29.2 Å². The number of aliphatic hydroxyl groups is 1. The van der Waals surface area contributed by atoms with Gasteiger partial charge in [-0.2, -0.15) is 26.3 Å². The second kappa shape index (κ2) is 9.52. The zero-order valence-corrected chi connectivity index (χ0v) is 15.1. The standard InChI is InChI=1S/C9H8F3NO2.C8H6F3NO3/c1-2-6-3-4-7(13(14)15)5-8(6)9(10,11)12;9-8(10,11)7-3-6(12(14)15)2-1-5(7)4-13/h3-5H,2H2,1H3;1-3,13H,4H2. The largest absolute Gasteiger partial charge is 0.417 e. The quantitative estimate of drug-likeness (QED) is 0.395. The van der Waals surface area contributed by atoms with Crippen LogP contribution in [0.4, 0.5) is 37.7 Å². The smallest absolute Gasteiger partial charge is 0.392 e. The predicted molar refractivity (Wildman–Crippen MR) is 91.5 cm³/mol. The molecule has 0 saturated heterocycles. The van der Waals surface area contributed by atoms with Crippen LogP contribution < -0.4 is 0 Å². The summed E-state index contributed by atoms with van der Waals surface area (Å²) in [4.78, 5) is 18.8. The van der Waals surface area contributed by atoms with E-state index in [1.165, 1.54) is 0 Å². The number of hydrogen-bond donors (Lipinski definition) is 1. The van der Waals surface area contributed by atoms with E-state index in [1.807, 2.05) is 0 Å². The molecule has 0 aliphatic rings. The molecule has 0 aliphatic heterocycles. The van der Waals surface area contributed by atoms with E-state index in [2.05, 4.69) is 0 Å². The molecule has 2 aromatic carbocycles. The molecule has 0 aliphatic carbocycles. The van der Waals surface area contributed by atoms with Crippen molar-refractivity contribution in [1.82, 2.24) is 0 Å². The molecular weight excluding hydrogens is 426 g/mol. The number of alkyl halides is 6. The number of nitro benzene ring substituents is 2. The first-order chi connectivity index (χ1) is 13.7. The third kappa shape index (κ3) is 6.40. The highest BCUT2D eigenvalue weighted by Crippen LogP contribution is 2.35. The van der Waals surface area contributed by atoms with E-state index >= 15 is 0 Å². The van der Waals surface area contributed by atoms with Crippen molar-refractivity contribution in [3.63, 3.8) is 0 Å². The summed E-state index contributed by atoms with van der Waals surface area (Å²) in [6.45, 7) is 0.753. The molecule has 0 aromatic heterocycles. The Morgan fingerprint density at radius 1 is 0.800 bits per heavy atom. The third-order valence-corrected chi connectivity index (χ3v) is 3.77. The van der Waals surface area contributed by atoms with Crippen molar-refractivity contribution < 1.29 is 41.3 Å². The van der Waals surface area contributed by atoms with Crippen LogP contribution in [-0.4, -0.2) is 15.0 Å². The topological polar surface area (TPSA) is 107 Å². The highest BCUT2D eigenvalue weighted by molar-refractivity contribution is 5.42. The molecule has 7 nitrogen and oxygen atoms in total. The molecule has 30 heavy (non-hydrogen) atoms. The van der Waals surface area contributed by atoms with Gasteiger partial charge in [-0.15, -0.1) is 0 Å².